The van der Waals surface area contributed by atoms with Gasteiger partial charge in [-0.3, -0.25) is 0 Å². The Kier molecular flexibility index (Phi) is 3.50. The molecule has 0 aliphatic heterocycles. The van der Waals surface area contributed by atoms with Crippen LogP contribution < -0.4 is 0 Å². The molecule has 0 fully saturated rings. The van der Waals surface area contributed by atoms with Gasteiger partial charge in [0.25, 0.3) is 0 Å². The van der Waals surface area contributed by atoms with E-state index in [1.807, 2.05) is 13.8 Å². The van der Waals surface area contributed by atoms with Gasteiger partial charge in [0.05, 0.1) is 17.0 Å². The Morgan fingerprint density at radius 3 is 2.50 bits per heavy atom. The number of halogens is 2. The van der Waals surface area contributed by atoms with E-state index in [9.17, 15) is 8.78 Å². The molecule has 0 bridgehead atoms. The fraction of sp³-hybridized carbons (Fsp3) is 0.263. The van der Waals surface area contributed by atoms with Crippen molar-refractivity contribution in [3.8, 4) is 11.3 Å². The molecule has 26 heavy (non-hydrogen) atoms. The van der Waals surface area contributed by atoms with Gasteiger partial charge in [-0.05, 0) is 43.2 Å². The van der Waals surface area contributed by atoms with Gasteiger partial charge in [0.15, 0.2) is 5.82 Å². The Hall–Kier alpha value is -2.96. The molecule has 7 heteroatoms. The van der Waals surface area contributed by atoms with E-state index in [1.54, 1.807) is 13.0 Å². The fourth-order valence-electron chi connectivity index (χ4n) is 3.50. The summed E-state index contributed by atoms with van der Waals surface area (Å²) in [5.41, 5.74) is 1.37. The highest BCUT2D eigenvalue weighted by Crippen LogP contribution is 2.51. The van der Waals surface area contributed by atoms with Crippen LogP contribution in [0.25, 0.3) is 11.3 Å². The van der Waals surface area contributed by atoms with Crippen molar-refractivity contribution in [2.45, 2.75) is 32.1 Å². The summed E-state index contributed by atoms with van der Waals surface area (Å²) < 4.78 is 33.6. The number of hydrogen-bond acceptors (Lipinski definition) is 5. The molecule has 0 N–H and O–H groups in total. The first-order chi connectivity index (χ1) is 12.3. The first-order valence-corrected chi connectivity index (χ1v) is 8.16. The van der Waals surface area contributed by atoms with Gasteiger partial charge in [-0.1, -0.05) is 24.7 Å². The minimum absolute atomic E-state index is 0.105. The van der Waals surface area contributed by atoms with Crippen LogP contribution in [0.5, 0.6) is 0 Å². The molecule has 0 saturated carbocycles. The topological polar surface area (TPSA) is 64.7 Å². The number of nitrogens with zero attached hydrogens (tertiary/aromatic N) is 4. The second kappa shape index (κ2) is 5.52. The van der Waals surface area contributed by atoms with Crippen molar-refractivity contribution in [2.75, 3.05) is 0 Å². The summed E-state index contributed by atoms with van der Waals surface area (Å²) in [7, 11) is 0. The van der Waals surface area contributed by atoms with E-state index in [4.69, 9.17) is 4.52 Å². The Balaban J connectivity index is 1.91. The van der Waals surface area contributed by atoms with E-state index in [0.717, 1.165) is 11.1 Å². The maximum atomic E-state index is 14.1. The molecule has 2 heterocycles. The number of benzene rings is 1. The maximum Gasteiger partial charge on any atom is 0.242 e. The van der Waals surface area contributed by atoms with E-state index < -0.39 is 17.0 Å². The molecule has 0 amide bonds. The van der Waals surface area contributed by atoms with Crippen molar-refractivity contribution in [1.82, 2.24) is 20.3 Å². The van der Waals surface area contributed by atoms with Crippen LogP contribution in [0.2, 0.25) is 0 Å². The van der Waals surface area contributed by atoms with Crippen LogP contribution in [0.15, 0.2) is 40.9 Å². The zero-order chi connectivity index (χ0) is 18.6. The van der Waals surface area contributed by atoms with Crippen LogP contribution >= 0.6 is 0 Å². The second-order valence-electron chi connectivity index (χ2n) is 6.65. The van der Waals surface area contributed by atoms with Crippen LogP contribution in [0, 0.1) is 18.6 Å². The van der Waals surface area contributed by atoms with Crippen LogP contribution in [-0.4, -0.2) is 20.3 Å². The normalized spacial score (nSPS) is 21.9. The monoisotopic (exact) mass is 354 g/mol. The first-order valence-electron chi connectivity index (χ1n) is 8.16. The summed E-state index contributed by atoms with van der Waals surface area (Å²) in [6.45, 7) is 9.76. The minimum atomic E-state index is -0.796. The molecule has 0 unspecified atom stereocenters. The fourth-order valence-corrected chi connectivity index (χ4v) is 3.50. The van der Waals surface area contributed by atoms with Crippen LogP contribution in [0.1, 0.15) is 42.7 Å². The van der Waals surface area contributed by atoms with E-state index in [1.165, 1.54) is 18.2 Å². The standard InChI is InChI=1S/C19H16F2N4O/c1-9-10(2)19(4,18-22-11(3)25-26-18)17-12(9)8-15(23-24-17)16-13(20)6-5-7-14(16)21/h5-9H,2H2,1,3-4H3/t9-,19-/m0/s1. The van der Waals surface area contributed by atoms with Crippen LogP contribution in [0.3, 0.4) is 0 Å². The van der Waals surface area contributed by atoms with Crippen molar-refractivity contribution >= 4 is 0 Å². The summed E-state index contributed by atoms with van der Waals surface area (Å²) in [6.07, 6.45) is 0. The number of aromatic nitrogens is 4. The van der Waals surface area contributed by atoms with Gasteiger partial charge in [0.1, 0.15) is 17.0 Å². The molecular weight excluding hydrogens is 338 g/mol. The van der Waals surface area contributed by atoms with Gasteiger partial charge < -0.3 is 4.52 Å². The summed E-state index contributed by atoms with van der Waals surface area (Å²) in [5, 5.41) is 12.2. The van der Waals surface area contributed by atoms with Gasteiger partial charge in [-0.2, -0.15) is 10.1 Å². The lowest BCUT2D eigenvalue weighted by atomic mass is 9.82. The Morgan fingerprint density at radius 1 is 1.19 bits per heavy atom. The largest absolute Gasteiger partial charge is 0.338 e. The molecule has 1 aliphatic carbocycles. The zero-order valence-corrected chi connectivity index (χ0v) is 14.5. The number of rotatable bonds is 2. The predicted octanol–water partition coefficient (Wildman–Crippen LogP) is 4.09. The van der Waals surface area contributed by atoms with E-state index in [2.05, 4.69) is 26.9 Å². The van der Waals surface area contributed by atoms with Crippen molar-refractivity contribution in [3.63, 3.8) is 0 Å². The highest BCUT2D eigenvalue weighted by molar-refractivity contribution is 5.64. The minimum Gasteiger partial charge on any atom is -0.338 e. The van der Waals surface area contributed by atoms with Gasteiger partial charge in [0, 0.05) is 5.92 Å². The lowest BCUT2D eigenvalue weighted by Gasteiger charge is -2.21. The molecule has 2 atom stereocenters. The quantitative estimate of drug-likeness (QED) is 0.649. The smallest absolute Gasteiger partial charge is 0.242 e. The number of hydrogen-bond donors (Lipinski definition) is 0. The van der Waals surface area contributed by atoms with Crippen LogP contribution in [0.4, 0.5) is 8.78 Å². The van der Waals surface area contributed by atoms with E-state index in [-0.39, 0.29) is 17.2 Å². The highest BCUT2D eigenvalue weighted by Gasteiger charge is 2.49. The van der Waals surface area contributed by atoms with Crippen LogP contribution in [-0.2, 0) is 5.41 Å². The highest BCUT2D eigenvalue weighted by atomic mass is 19.1. The zero-order valence-electron chi connectivity index (χ0n) is 14.5. The third kappa shape index (κ3) is 2.13. The Morgan fingerprint density at radius 2 is 1.88 bits per heavy atom. The second-order valence-corrected chi connectivity index (χ2v) is 6.65. The third-order valence-corrected chi connectivity index (χ3v) is 5.10. The lowest BCUT2D eigenvalue weighted by Crippen LogP contribution is -2.24. The average molecular weight is 354 g/mol. The van der Waals surface area contributed by atoms with Crippen molar-refractivity contribution in [3.05, 3.63) is 71.0 Å². The third-order valence-electron chi connectivity index (χ3n) is 5.10. The molecule has 2 aromatic heterocycles. The molecule has 132 valence electrons. The maximum absolute atomic E-state index is 14.1. The Bertz CT molecular complexity index is 1030. The molecule has 0 saturated heterocycles. The molecule has 0 spiro atoms. The molecule has 4 rings (SSSR count). The number of fused-ring (bicyclic) bond motifs is 1. The summed E-state index contributed by atoms with van der Waals surface area (Å²) >= 11 is 0. The molecule has 5 nitrogen and oxygen atoms in total. The first kappa shape index (κ1) is 16.5. The lowest BCUT2D eigenvalue weighted by molar-refractivity contribution is 0.336. The molecule has 0 radical (unpaired) electrons. The molecule has 3 aromatic rings. The van der Waals surface area contributed by atoms with Gasteiger partial charge in [0.2, 0.25) is 5.89 Å². The molecule has 1 aromatic carbocycles. The van der Waals surface area contributed by atoms with Gasteiger partial charge in [-0.15, -0.1) is 5.10 Å². The number of aryl methyl sites for hydroxylation is 1. The molecular formula is C19H16F2N4O. The van der Waals surface area contributed by atoms with E-state index in [0.29, 0.717) is 17.4 Å². The van der Waals surface area contributed by atoms with Gasteiger partial charge in [-0.25, -0.2) is 8.78 Å². The summed E-state index contributed by atoms with van der Waals surface area (Å²) in [5.74, 6) is -0.581. The molecule has 1 aliphatic rings. The van der Waals surface area contributed by atoms with Crippen molar-refractivity contribution in [1.29, 1.82) is 0 Å². The average Bonchev–Trinajstić information content (AvgIpc) is 3.13. The SMILES string of the molecule is C=C1[C@H](C)c2cc(-c3c(F)cccc3F)nnc2[C@@]1(C)c1nc(C)no1. The van der Waals surface area contributed by atoms with Crippen molar-refractivity contribution < 1.29 is 13.3 Å². The number of allylic oxidation sites excluding steroid dienone is 1. The van der Waals surface area contributed by atoms with Crippen molar-refractivity contribution in [2.24, 2.45) is 0 Å². The summed E-state index contributed by atoms with van der Waals surface area (Å²) in [4.78, 5) is 4.33. The van der Waals surface area contributed by atoms with Gasteiger partial charge >= 0.3 is 0 Å². The van der Waals surface area contributed by atoms with E-state index >= 15 is 0 Å². The summed E-state index contributed by atoms with van der Waals surface area (Å²) in [6, 6.07) is 5.37. The predicted molar refractivity (Wildman–Crippen MR) is 90.4 cm³/mol. The Labute approximate surface area is 148 Å².